The molecule has 1 saturated heterocycles. The Morgan fingerprint density at radius 3 is 3.00 bits per heavy atom. The van der Waals surface area contributed by atoms with Crippen LogP contribution in [0.25, 0.3) is 0 Å². The van der Waals surface area contributed by atoms with E-state index in [9.17, 15) is 4.79 Å². The van der Waals surface area contributed by atoms with E-state index in [-0.39, 0.29) is 11.8 Å². The van der Waals surface area contributed by atoms with Gasteiger partial charge in [-0.15, -0.1) is 0 Å². The number of rotatable bonds is 1. The first-order valence-electron chi connectivity index (χ1n) is 3.64. The molecule has 1 rings (SSSR count). The first-order valence-corrected chi connectivity index (χ1v) is 3.64. The summed E-state index contributed by atoms with van der Waals surface area (Å²) in [5.41, 5.74) is 0. The molecule has 0 spiro atoms. The van der Waals surface area contributed by atoms with Crippen molar-refractivity contribution in [1.29, 1.82) is 0 Å². The summed E-state index contributed by atoms with van der Waals surface area (Å²) in [4.78, 5) is 11.0. The third-order valence-corrected chi connectivity index (χ3v) is 1.78. The molecule has 1 heterocycles. The molecule has 3 nitrogen and oxygen atoms in total. The van der Waals surface area contributed by atoms with E-state index in [4.69, 9.17) is 4.74 Å². The smallest absolute Gasteiger partial charge is 0.225 e. The van der Waals surface area contributed by atoms with E-state index >= 15 is 0 Å². The fraction of sp³-hybridized carbons (Fsp3) is 0.857. The van der Waals surface area contributed by atoms with Gasteiger partial charge in [0.15, 0.2) is 0 Å². The summed E-state index contributed by atoms with van der Waals surface area (Å²) < 4.78 is 5.14. The van der Waals surface area contributed by atoms with E-state index in [1.54, 1.807) is 7.05 Å². The van der Waals surface area contributed by atoms with Crippen LogP contribution in [0.4, 0.5) is 0 Å². The maximum atomic E-state index is 11.0. The molecule has 1 atom stereocenters. The molecule has 1 aliphatic rings. The zero-order valence-electron chi connectivity index (χ0n) is 6.22. The summed E-state index contributed by atoms with van der Waals surface area (Å²) in [6.07, 6.45) is 1.98. The maximum absolute atomic E-state index is 11.0. The van der Waals surface area contributed by atoms with Crippen LogP contribution in [0.15, 0.2) is 0 Å². The van der Waals surface area contributed by atoms with Crippen LogP contribution in [-0.4, -0.2) is 26.2 Å². The number of hydrogen-bond acceptors (Lipinski definition) is 2. The van der Waals surface area contributed by atoms with Gasteiger partial charge in [0.2, 0.25) is 5.91 Å². The van der Waals surface area contributed by atoms with Crippen LogP contribution >= 0.6 is 0 Å². The lowest BCUT2D eigenvalue weighted by Gasteiger charge is -2.19. The molecule has 1 unspecified atom stereocenters. The highest BCUT2D eigenvalue weighted by molar-refractivity contribution is 5.78. The van der Waals surface area contributed by atoms with Crippen molar-refractivity contribution in [2.24, 2.45) is 5.92 Å². The van der Waals surface area contributed by atoms with Crippen molar-refractivity contribution in [1.82, 2.24) is 5.32 Å². The third kappa shape index (κ3) is 1.70. The zero-order valence-corrected chi connectivity index (χ0v) is 6.22. The van der Waals surface area contributed by atoms with Gasteiger partial charge in [0.25, 0.3) is 0 Å². The van der Waals surface area contributed by atoms with Crippen molar-refractivity contribution < 1.29 is 9.53 Å². The van der Waals surface area contributed by atoms with E-state index < -0.39 is 0 Å². The average molecular weight is 143 g/mol. The molecular weight excluding hydrogens is 130 g/mol. The Bertz CT molecular complexity index is 119. The summed E-state index contributed by atoms with van der Waals surface area (Å²) in [6, 6.07) is 0. The SMILES string of the molecule is CNC(=O)C1CCCOC1. The quantitative estimate of drug-likeness (QED) is 0.567. The normalized spacial score (nSPS) is 25.9. The van der Waals surface area contributed by atoms with Gasteiger partial charge >= 0.3 is 0 Å². The predicted octanol–water partition coefficient (Wildman–Crippen LogP) is 0.159. The first-order chi connectivity index (χ1) is 4.84. The molecule has 0 aromatic carbocycles. The minimum Gasteiger partial charge on any atom is -0.381 e. The van der Waals surface area contributed by atoms with E-state index in [2.05, 4.69) is 5.32 Å². The molecule has 3 heteroatoms. The minimum atomic E-state index is 0.0961. The van der Waals surface area contributed by atoms with Crippen molar-refractivity contribution in [2.45, 2.75) is 12.8 Å². The Balaban J connectivity index is 2.31. The van der Waals surface area contributed by atoms with Crippen LogP contribution in [0.1, 0.15) is 12.8 Å². The first kappa shape index (κ1) is 7.54. The lowest BCUT2D eigenvalue weighted by Crippen LogP contribution is -2.33. The summed E-state index contributed by atoms with van der Waals surface area (Å²) in [7, 11) is 1.66. The van der Waals surface area contributed by atoms with E-state index in [1.807, 2.05) is 0 Å². The van der Waals surface area contributed by atoms with Gasteiger partial charge < -0.3 is 10.1 Å². The third-order valence-electron chi connectivity index (χ3n) is 1.78. The lowest BCUT2D eigenvalue weighted by molar-refractivity contribution is -0.128. The van der Waals surface area contributed by atoms with E-state index in [0.717, 1.165) is 19.4 Å². The molecule has 1 amide bonds. The Morgan fingerprint density at radius 2 is 2.50 bits per heavy atom. The largest absolute Gasteiger partial charge is 0.381 e. The fourth-order valence-electron chi connectivity index (χ4n) is 1.15. The van der Waals surface area contributed by atoms with Crippen molar-refractivity contribution in [3.05, 3.63) is 0 Å². The van der Waals surface area contributed by atoms with Crippen LogP contribution < -0.4 is 5.32 Å². The maximum Gasteiger partial charge on any atom is 0.225 e. The highest BCUT2D eigenvalue weighted by atomic mass is 16.5. The summed E-state index contributed by atoms with van der Waals surface area (Å²) in [6.45, 7) is 1.41. The number of ether oxygens (including phenoxy) is 1. The molecular formula is C7H13NO2. The van der Waals surface area contributed by atoms with E-state index in [1.165, 1.54) is 0 Å². The topological polar surface area (TPSA) is 38.3 Å². The van der Waals surface area contributed by atoms with Crippen LogP contribution in [0, 0.1) is 5.92 Å². The van der Waals surface area contributed by atoms with Crippen LogP contribution in [0.5, 0.6) is 0 Å². The van der Waals surface area contributed by atoms with Gasteiger partial charge in [-0.2, -0.15) is 0 Å². The van der Waals surface area contributed by atoms with E-state index in [0.29, 0.717) is 6.61 Å². The number of carbonyl (C=O) groups is 1. The second-order valence-corrected chi connectivity index (χ2v) is 2.53. The average Bonchev–Trinajstić information content (AvgIpc) is 2.05. The zero-order chi connectivity index (χ0) is 7.40. The van der Waals surface area contributed by atoms with Gasteiger partial charge in [0.1, 0.15) is 0 Å². The van der Waals surface area contributed by atoms with Gasteiger partial charge in [-0.05, 0) is 12.8 Å². The fourth-order valence-corrected chi connectivity index (χ4v) is 1.15. The molecule has 1 fully saturated rings. The number of amides is 1. The second kappa shape index (κ2) is 3.56. The predicted molar refractivity (Wildman–Crippen MR) is 37.6 cm³/mol. The molecule has 0 saturated carbocycles. The van der Waals surface area contributed by atoms with Crippen molar-refractivity contribution in [3.63, 3.8) is 0 Å². The molecule has 0 aliphatic carbocycles. The molecule has 0 bridgehead atoms. The Kier molecular flexibility index (Phi) is 2.68. The Morgan fingerprint density at radius 1 is 1.70 bits per heavy atom. The van der Waals surface area contributed by atoms with Gasteiger partial charge in [-0.25, -0.2) is 0 Å². The van der Waals surface area contributed by atoms with Crippen LogP contribution in [-0.2, 0) is 9.53 Å². The number of nitrogens with one attached hydrogen (secondary N) is 1. The van der Waals surface area contributed by atoms with Crippen molar-refractivity contribution in [2.75, 3.05) is 20.3 Å². The van der Waals surface area contributed by atoms with Gasteiger partial charge in [-0.1, -0.05) is 0 Å². The lowest BCUT2D eigenvalue weighted by atomic mass is 10.0. The summed E-state index contributed by atoms with van der Waals surface area (Å²) >= 11 is 0. The molecule has 0 radical (unpaired) electrons. The molecule has 10 heavy (non-hydrogen) atoms. The Labute approximate surface area is 60.7 Å². The highest BCUT2D eigenvalue weighted by Crippen LogP contribution is 2.12. The van der Waals surface area contributed by atoms with Gasteiger partial charge in [0, 0.05) is 13.7 Å². The van der Waals surface area contributed by atoms with Gasteiger partial charge in [0.05, 0.1) is 12.5 Å². The van der Waals surface area contributed by atoms with Crippen LogP contribution in [0.2, 0.25) is 0 Å². The standard InChI is InChI=1S/C7H13NO2/c1-8-7(9)6-3-2-4-10-5-6/h6H,2-5H2,1H3,(H,8,9). The molecule has 58 valence electrons. The second-order valence-electron chi connectivity index (χ2n) is 2.53. The Hall–Kier alpha value is -0.570. The van der Waals surface area contributed by atoms with Crippen molar-refractivity contribution in [3.8, 4) is 0 Å². The minimum absolute atomic E-state index is 0.0961. The molecule has 0 aromatic rings. The van der Waals surface area contributed by atoms with Crippen LogP contribution in [0.3, 0.4) is 0 Å². The monoisotopic (exact) mass is 143 g/mol. The molecule has 1 aliphatic heterocycles. The number of carbonyl (C=O) groups excluding carboxylic acids is 1. The van der Waals surface area contributed by atoms with Gasteiger partial charge in [-0.3, -0.25) is 4.79 Å². The number of hydrogen-bond donors (Lipinski definition) is 1. The summed E-state index contributed by atoms with van der Waals surface area (Å²) in [5.74, 6) is 0.207. The van der Waals surface area contributed by atoms with Crippen molar-refractivity contribution >= 4 is 5.91 Å². The molecule has 1 N–H and O–H groups in total. The summed E-state index contributed by atoms with van der Waals surface area (Å²) in [5, 5.41) is 2.62. The molecule has 0 aromatic heterocycles. The highest BCUT2D eigenvalue weighted by Gasteiger charge is 2.19.